The number of fused-ring (bicyclic) bond motifs is 3. The molecule has 0 unspecified atom stereocenters. The fourth-order valence-electron chi connectivity index (χ4n) is 4.72. The van der Waals surface area contributed by atoms with Crippen LogP contribution in [0.4, 0.5) is 0 Å². The van der Waals surface area contributed by atoms with Crippen LogP contribution in [-0.2, 0) is 9.53 Å². The number of carbonyl (C=O) groups is 1. The van der Waals surface area contributed by atoms with E-state index in [9.17, 15) is 15.0 Å². The lowest BCUT2D eigenvalue weighted by Crippen LogP contribution is -2.68. The lowest BCUT2D eigenvalue weighted by molar-refractivity contribution is -0.231. The van der Waals surface area contributed by atoms with Crippen LogP contribution in [0.5, 0.6) is 0 Å². The van der Waals surface area contributed by atoms with E-state index < -0.39 is 23.6 Å². The number of rotatable bonds is 1. The van der Waals surface area contributed by atoms with E-state index in [4.69, 9.17) is 4.74 Å². The molecule has 3 rings (SSSR count). The summed E-state index contributed by atoms with van der Waals surface area (Å²) < 4.78 is 5.12. The van der Waals surface area contributed by atoms with Gasteiger partial charge in [-0.25, -0.2) is 4.79 Å². The molecule has 2 N–H and O–H groups in total. The second-order valence-electron chi connectivity index (χ2n) is 7.08. The predicted octanol–water partition coefficient (Wildman–Crippen LogP) is 1.51. The van der Waals surface area contributed by atoms with E-state index >= 15 is 0 Å². The average Bonchev–Trinajstić information content (AvgIpc) is 2.43. The van der Waals surface area contributed by atoms with Gasteiger partial charge in [0.2, 0.25) is 0 Å². The molecule has 0 radical (unpaired) electrons. The molecule has 1 heterocycles. The van der Waals surface area contributed by atoms with Crippen molar-refractivity contribution in [2.45, 2.75) is 38.7 Å². The first-order chi connectivity index (χ1) is 9.43. The summed E-state index contributed by atoms with van der Waals surface area (Å²) in [6, 6.07) is 0. The minimum atomic E-state index is -1.77. The van der Waals surface area contributed by atoms with Crippen LogP contribution in [0.3, 0.4) is 0 Å². The molecule has 1 saturated heterocycles. The second kappa shape index (κ2) is 4.57. The molecule has 20 heavy (non-hydrogen) atoms. The smallest absolute Gasteiger partial charge is 0.341 e. The number of aliphatic hydroxyl groups is 2. The van der Waals surface area contributed by atoms with E-state index in [-0.39, 0.29) is 11.8 Å². The van der Waals surface area contributed by atoms with Gasteiger partial charge in [-0.2, -0.15) is 0 Å². The molecule has 4 nitrogen and oxygen atoms in total. The molecule has 0 aromatic carbocycles. The molecule has 2 aliphatic carbocycles. The Kier molecular flexibility index (Phi) is 3.22. The standard InChI is InChI=1S/C16H24O4/c1-10-3-6-13-11(7-10)4-5-12-8-20-14(18)16(19,9-17)15(12,13)2/h4-5,10-13,17,19H,3,6-9H2,1-2H3/t10-,11-,12+,13-,15-,16-/m1/s1. The van der Waals surface area contributed by atoms with Crippen LogP contribution >= 0.6 is 0 Å². The molecule has 1 saturated carbocycles. The number of ether oxygens (including phenoxy) is 1. The first kappa shape index (κ1) is 14.1. The van der Waals surface area contributed by atoms with E-state index in [2.05, 4.69) is 19.1 Å². The first-order valence-corrected chi connectivity index (χ1v) is 7.62. The molecule has 2 fully saturated rings. The largest absolute Gasteiger partial charge is 0.463 e. The molecule has 1 aliphatic heterocycles. The molecule has 3 aliphatic rings. The first-order valence-electron chi connectivity index (χ1n) is 7.62. The van der Waals surface area contributed by atoms with Crippen molar-refractivity contribution in [3.63, 3.8) is 0 Å². The van der Waals surface area contributed by atoms with Crippen LogP contribution in [-0.4, -0.2) is 35.0 Å². The van der Waals surface area contributed by atoms with Crippen molar-refractivity contribution in [2.75, 3.05) is 13.2 Å². The number of carbonyl (C=O) groups excluding carboxylic acids is 1. The highest BCUT2D eigenvalue weighted by molar-refractivity contribution is 5.82. The topological polar surface area (TPSA) is 66.8 Å². The van der Waals surface area contributed by atoms with Gasteiger partial charge >= 0.3 is 5.97 Å². The summed E-state index contributed by atoms with van der Waals surface area (Å²) in [4.78, 5) is 12.1. The SMILES string of the molecule is C[C@@H]1CC[C@@H]2[C@H](C=C[C@H]3COC(=O)[C@](O)(CO)[C@@]23C)C1. The average molecular weight is 280 g/mol. The summed E-state index contributed by atoms with van der Waals surface area (Å²) in [5.74, 6) is 0.639. The Bertz CT molecular complexity index is 446. The summed E-state index contributed by atoms with van der Waals surface area (Å²) in [5.41, 5.74) is -2.40. The summed E-state index contributed by atoms with van der Waals surface area (Å²) in [6.45, 7) is 3.97. The summed E-state index contributed by atoms with van der Waals surface area (Å²) >= 11 is 0. The van der Waals surface area contributed by atoms with Crippen LogP contribution < -0.4 is 0 Å². The second-order valence-corrected chi connectivity index (χ2v) is 7.08. The maximum absolute atomic E-state index is 12.1. The Morgan fingerprint density at radius 2 is 2.15 bits per heavy atom. The van der Waals surface area contributed by atoms with Crippen molar-refractivity contribution in [3.8, 4) is 0 Å². The monoisotopic (exact) mass is 280 g/mol. The molecular formula is C16H24O4. The number of aliphatic hydroxyl groups excluding tert-OH is 1. The van der Waals surface area contributed by atoms with Gasteiger partial charge < -0.3 is 14.9 Å². The lowest BCUT2D eigenvalue weighted by atomic mass is 9.49. The fourth-order valence-corrected chi connectivity index (χ4v) is 4.72. The van der Waals surface area contributed by atoms with E-state index in [1.54, 1.807) is 0 Å². The number of allylic oxidation sites excluding steroid dienone is 1. The van der Waals surface area contributed by atoms with Gasteiger partial charge in [-0.05, 0) is 30.6 Å². The third kappa shape index (κ3) is 1.64. The predicted molar refractivity (Wildman–Crippen MR) is 73.7 cm³/mol. The number of esters is 1. The van der Waals surface area contributed by atoms with E-state index in [0.29, 0.717) is 18.4 Å². The molecule has 112 valence electrons. The highest BCUT2D eigenvalue weighted by Gasteiger charge is 2.65. The zero-order valence-corrected chi connectivity index (χ0v) is 12.2. The molecule has 6 atom stereocenters. The quantitative estimate of drug-likeness (QED) is 0.564. The van der Waals surface area contributed by atoms with Gasteiger partial charge in [-0.15, -0.1) is 0 Å². The Hall–Kier alpha value is -0.870. The molecular weight excluding hydrogens is 256 g/mol. The van der Waals surface area contributed by atoms with Gasteiger partial charge in [-0.1, -0.05) is 32.4 Å². The van der Waals surface area contributed by atoms with Gasteiger partial charge in [0.1, 0.15) is 0 Å². The van der Waals surface area contributed by atoms with E-state index in [1.807, 2.05) is 6.92 Å². The summed E-state index contributed by atoms with van der Waals surface area (Å²) in [5, 5.41) is 20.5. The maximum Gasteiger partial charge on any atom is 0.341 e. The van der Waals surface area contributed by atoms with E-state index in [0.717, 1.165) is 19.3 Å². The normalized spacial score (nSPS) is 51.1. The Morgan fingerprint density at radius 1 is 1.40 bits per heavy atom. The van der Waals surface area contributed by atoms with Crippen LogP contribution in [0.1, 0.15) is 33.1 Å². The van der Waals surface area contributed by atoms with Crippen molar-refractivity contribution in [2.24, 2.45) is 29.1 Å². The number of hydrogen-bond donors (Lipinski definition) is 2. The molecule has 0 spiro atoms. The van der Waals surface area contributed by atoms with Crippen LogP contribution in [0.15, 0.2) is 12.2 Å². The summed E-state index contributed by atoms with van der Waals surface area (Å²) in [7, 11) is 0. The van der Waals surface area contributed by atoms with Crippen molar-refractivity contribution in [1.29, 1.82) is 0 Å². The molecule has 0 aromatic heterocycles. The van der Waals surface area contributed by atoms with Crippen LogP contribution in [0.25, 0.3) is 0 Å². The highest BCUT2D eigenvalue weighted by atomic mass is 16.6. The van der Waals surface area contributed by atoms with Crippen molar-refractivity contribution in [3.05, 3.63) is 12.2 Å². The van der Waals surface area contributed by atoms with Gasteiger partial charge in [0.05, 0.1) is 13.2 Å². The zero-order valence-electron chi connectivity index (χ0n) is 12.2. The van der Waals surface area contributed by atoms with Gasteiger partial charge in [0.15, 0.2) is 5.60 Å². The number of cyclic esters (lactones) is 1. The maximum atomic E-state index is 12.1. The lowest BCUT2D eigenvalue weighted by Gasteiger charge is -2.58. The Morgan fingerprint density at radius 3 is 2.85 bits per heavy atom. The zero-order chi connectivity index (χ0) is 14.5. The van der Waals surface area contributed by atoms with Crippen molar-refractivity contribution < 1.29 is 19.7 Å². The fraction of sp³-hybridized carbons (Fsp3) is 0.812. The molecule has 0 aromatic rings. The molecule has 0 bridgehead atoms. The highest BCUT2D eigenvalue weighted by Crippen LogP contribution is 2.58. The van der Waals surface area contributed by atoms with Gasteiger partial charge in [-0.3, -0.25) is 0 Å². The minimum Gasteiger partial charge on any atom is -0.463 e. The number of hydrogen-bond acceptors (Lipinski definition) is 4. The van der Waals surface area contributed by atoms with Gasteiger partial charge in [0, 0.05) is 11.3 Å². The summed E-state index contributed by atoms with van der Waals surface area (Å²) in [6.07, 6.45) is 7.54. The van der Waals surface area contributed by atoms with Crippen molar-refractivity contribution >= 4 is 5.97 Å². The Balaban J connectivity index is 2.05. The Labute approximate surface area is 119 Å². The third-order valence-corrected chi connectivity index (χ3v) is 6.14. The molecule has 4 heteroatoms. The third-order valence-electron chi connectivity index (χ3n) is 6.14. The minimum absolute atomic E-state index is 0.00740. The van der Waals surface area contributed by atoms with Crippen LogP contribution in [0, 0.1) is 29.1 Å². The van der Waals surface area contributed by atoms with E-state index in [1.165, 1.54) is 0 Å². The van der Waals surface area contributed by atoms with Gasteiger partial charge in [0.25, 0.3) is 0 Å². The molecule has 0 amide bonds. The van der Waals surface area contributed by atoms with Crippen LogP contribution in [0.2, 0.25) is 0 Å². The van der Waals surface area contributed by atoms with Crippen molar-refractivity contribution in [1.82, 2.24) is 0 Å².